The predicted octanol–water partition coefficient (Wildman–Crippen LogP) is 3.89. The molecule has 0 amide bonds. The molecule has 0 unspecified atom stereocenters. The third kappa shape index (κ3) is 2.65. The number of hydrogen-bond acceptors (Lipinski definition) is 3. The van der Waals surface area contributed by atoms with E-state index < -0.39 is 0 Å². The Balaban J connectivity index is 2.19. The zero-order valence-corrected chi connectivity index (χ0v) is 13.4. The van der Waals surface area contributed by atoms with Gasteiger partial charge in [-0.1, -0.05) is 46.3 Å². The van der Waals surface area contributed by atoms with Crippen LogP contribution in [0.15, 0.2) is 42.9 Å². The van der Waals surface area contributed by atoms with Crippen molar-refractivity contribution < 1.29 is 4.74 Å². The van der Waals surface area contributed by atoms with Crippen molar-refractivity contribution in [3.8, 4) is 17.0 Å². The number of fused-ring (bicyclic) bond motifs is 1. The predicted molar refractivity (Wildman–Crippen MR) is 87.9 cm³/mol. The first-order valence-electron chi connectivity index (χ1n) is 6.93. The first-order valence-corrected chi connectivity index (χ1v) is 8.05. The van der Waals surface area contributed by atoms with Crippen LogP contribution in [-0.2, 0) is 6.54 Å². The molecule has 1 aromatic carbocycles. The summed E-state index contributed by atoms with van der Waals surface area (Å²) in [7, 11) is 0. The number of imidazole rings is 1. The fourth-order valence-corrected chi connectivity index (χ4v) is 2.52. The van der Waals surface area contributed by atoms with Crippen LogP contribution in [0.3, 0.4) is 0 Å². The number of aromatic nitrogens is 3. The first kappa shape index (κ1) is 14.1. The van der Waals surface area contributed by atoms with E-state index in [1.54, 1.807) is 6.20 Å². The van der Waals surface area contributed by atoms with Crippen LogP contribution in [0.5, 0.6) is 5.75 Å². The molecule has 0 saturated carbocycles. The SMILES string of the molecule is CCn1cnc2c(-c3ccccc3)ncc(OCCBr)c21. The van der Waals surface area contributed by atoms with Crippen LogP contribution in [0.1, 0.15) is 6.92 Å². The molecule has 0 aliphatic heterocycles. The second-order valence-electron chi connectivity index (χ2n) is 4.60. The zero-order valence-electron chi connectivity index (χ0n) is 11.8. The lowest BCUT2D eigenvalue weighted by atomic mass is 10.1. The molecule has 0 atom stereocenters. The first-order chi connectivity index (χ1) is 10.3. The van der Waals surface area contributed by atoms with Gasteiger partial charge in [0.1, 0.15) is 11.0 Å². The molecule has 108 valence electrons. The van der Waals surface area contributed by atoms with E-state index in [-0.39, 0.29) is 0 Å². The summed E-state index contributed by atoms with van der Waals surface area (Å²) in [5, 5.41) is 0.787. The van der Waals surface area contributed by atoms with E-state index in [4.69, 9.17) is 4.74 Å². The third-order valence-electron chi connectivity index (χ3n) is 3.33. The minimum Gasteiger partial charge on any atom is -0.489 e. The number of ether oxygens (including phenoxy) is 1. The van der Waals surface area contributed by atoms with Gasteiger partial charge in [-0.3, -0.25) is 0 Å². The second-order valence-corrected chi connectivity index (χ2v) is 5.40. The van der Waals surface area contributed by atoms with Crippen LogP contribution < -0.4 is 4.74 Å². The van der Waals surface area contributed by atoms with Gasteiger partial charge in [0.15, 0.2) is 5.75 Å². The molecule has 3 aromatic rings. The van der Waals surface area contributed by atoms with E-state index in [1.807, 2.05) is 36.7 Å². The summed E-state index contributed by atoms with van der Waals surface area (Å²) in [5.74, 6) is 0.781. The average molecular weight is 346 g/mol. The maximum atomic E-state index is 5.79. The molecule has 5 heteroatoms. The van der Waals surface area contributed by atoms with Crippen LogP contribution in [0, 0.1) is 0 Å². The van der Waals surface area contributed by atoms with E-state index >= 15 is 0 Å². The monoisotopic (exact) mass is 345 g/mol. The highest BCUT2D eigenvalue weighted by Gasteiger charge is 2.15. The van der Waals surface area contributed by atoms with Crippen LogP contribution in [0.25, 0.3) is 22.3 Å². The number of halogens is 1. The van der Waals surface area contributed by atoms with Gasteiger partial charge in [-0.05, 0) is 6.92 Å². The fraction of sp³-hybridized carbons (Fsp3) is 0.250. The number of alkyl halides is 1. The standard InChI is InChI=1S/C16H16BrN3O/c1-2-20-11-19-15-14(12-6-4-3-5-7-12)18-10-13(16(15)20)21-9-8-17/h3-7,10-11H,2,8-9H2,1H3. The lowest BCUT2D eigenvalue weighted by Crippen LogP contribution is -2.02. The maximum absolute atomic E-state index is 5.79. The molecule has 0 spiro atoms. The van der Waals surface area contributed by atoms with Crippen molar-refractivity contribution in [2.45, 2.75) is 13.5 Å². The molecule has 2 heterocycles. The van der Waals surface area contributed by atoms with Gasteiger partial charge in [-0.2, -0.15) is 0 Å². The van der Waals surface area contributed by atoms with Gasteiger partial charge in [0.2, 0.25) is 0 Å². The van der Waals surface area contributed by atoms with E-state index in [2.05, 4.69) is 37.4 Å². The van der Waals surface area contributed by atoms with Crippen LogP contribution in [-0.4, -0.2) is 26.5 Å². The summed E-state index contributed by atoms with van der Waals surface area (Å²) in [4.78, 5) is 9.10. The van der Waals surface area contributed by atoms with Crippen molar-refractivity contribution >= 4 is 27.0 Å². The Morgan fingerprint density at radius 1 is 1.19 bits per heavy atom. The summed E-state index contributed by atoms with van der Waals surface area (Å²) in [6.45, 7) is 3.55. The molecule has 0 saturated heterocycles. The van der Waals surface area contributed by atoms with Crippen molar-refractivity contribution in [2.75, 3.05) is 11.9 Å². The molecule has 0 aliphatic rings. The van der Waals surface area contributed by atoms with E-state index in [9.17, 15) is 0 Å². The van der Waals surface area contributed by atoms with Crippen LogP contribution in [0.4, 0.5) is 0 Å². The molecule has 0 fully saturated rings. The Morgan fingerprint density at radius 2 is 2.00 bits per heavy atom. The topological polar surface area (TPSA) is 39.9 Å². The summed E-state index contributed by atoms with van der Waals surface area (Å²) >= 11 is 3.38. The summed E-state index contributed by atoms with van der Waals surface area (Å²) in [5.41, 5.74) is 3.85. The normalized spacial score (nSPS) is 11.0. The van der Waals surface area contributed by atoms with E-state index in [1.165, 1.54) is 0 Å². The summed E-state index contributed by atoms with van der Waals surface area (Å²) in [6, 6.07) is 10.1. The molecule has 0 aliphatic carbocycles. The summed E-state index contributed by atoms with van der Waals surface area (Å²) < 4.78 is 7.88. The minimum atomic E-state index is 0.607. The molecular weight excluding hydrogens is 330 g/mol. The Bertz CT molecular complexity index is 740. The Kier molecular flexibility index (Phi) is 4.20. The van der Waals surface area contributed by atoms with E-state index in [0.717, 1.165) is 39.9 Å². The smallest absolute Gasteiger partial charge is 0.163 e. The number of benzene rings is 1. The molecule has 21 heavy (non-hydrogen) atoms. The number of pyridine rings is 1. The third-order valence-corrected chi connectivity index (χ3v) is 3.65. The van der Waals surface area contributed by atoms with E-state index in [0.29, 0.717) is 6.61 Å². The summed E-state index contributed by atoms with van der Waals surface area (Å²) in [6.07, 6.45) is 3.64. The number of aryl methyl sites for hydroxylation is 1. The molecule has 2 aromatic heterocycles. The number of nitrogens with zero attached hydrogens (tertiary/aromatic N) is 3. The van der Waals surface area contributed by atoms with Crippen molar-refractivity contribution in [3.63, 3.8) is 0 Å². The highest BCUT2D eigenvalue weighted by atomic mass is 79.9. The molecule has 3 rings (SSSR count). The van der Waals surface area contributed by atoms with Gasteiger partial charge in [0, 0.05) is 17.4 Å². The quantitative estimate of drug-likeness (QED) is 0.658. The Hall–Kier alpha value is -1.88. The second kappa shape index (κ2) is 6.26. The van der Waals surface area contributed by atoms with Gasteiger partial charge in [0.05, 0.1) is 24.8 Å². The molecular formula is C16H16BrN3O. The lowest BCUT2D eigenvalue weighted by molar-refractivity contribution is 0.346. The number of rotatable bonds is 5. The Morgan fingerprint density at radius 3 is 2.71 bits per heavy atom. The lowest BCUT2D eigenvalue weighted by Gasteiger charge is -2.10. The zero-order chi connectivity index (χ0) is 14.7. The highest BCUT2D eigenvalue weighted by Crippen LogP contribution is 2.31. The molecule has 0 bridgehead atoms. The van der Waals surface area contributed by atoms with Crippen LogP contribution in [0.2, 0.25) is 0 Å². The average Bonchev–Trinajstić information content (AvgIpc) is 2.98. The van der Waals surface area contributed by atoms with Gasteiger partial charge in [-0.25, -0.2) is 9.97 Å². The molecule has 4 nitrogen and oxygen atoms in total. The van der Waals surface area contributed by atoms with Gasteiger partial charge in [-0.15, -0.1) is 0 Å². The van der Waals surface area contributed by atoms with Crippen LogP contribution >= 0.6 is 15.9 Å². The Labute approximate surface area is 131 Å². The van der Waals surface area contributed by atoms with Gasteiger partial charge < -0.3 is 9.30 Å². The van der Waals surface area contributed by atoms with Crippen molar-refractivity contribution in [1.29, 1.82) is 0 Å². The minimum absolute atomic E-state index is 0.607. The molecule has 0 radical (unpaired) electrons. The van der Waals surface area contributed by atoms with Crippen molar-refractivity contribution in [2.24, 2.45) is 0 Å². The van der Waals surface area contributed by atoms with Gasteiger partial charge in [0.25, 0.3) is 0 Å². The molecule has 0 N–H and O–H groups in total. The van der Waals surface area contributed by atoms with Crippen molar-refractivity contribution in [1.82, 2.24) is 14.5 Å². The maximum Gasteiger partial charge on any atom is 0.163 e. The number of hydrogen-bond donors (Lipinski definition) is 0. The van der Waals surface area contributed by atoms with Crippen molar-refractivity contribution in [3.05, 3.63) is 42.9 Å². The van der Waals surface area contributed by atoms with Gasteiger partial charge >= 0.3 is 0 Å². The fourth-order valence-electron chi connectivity index (χ4n) is 2.36. The highest BCUT2D eigenvalue weighted by molar-refractivity contribution is 9.09. The largest absolute Gasteiger partial charge is 0.489 e.